The Morgan fingerprint density at radius 2 is 2.08 bits per heavy atom. The molecule has 0 saturated heterocycles. The average molecular weight is 370 g/mol. The number of aryl methyl sites for hydroxylation is 2. The van der Waals surface area contributed by atoms with Gasteiger partial charge >= 0.3 is 0 Å². The first kappa shape index (κ1) is 16.6. The summed E-state index contributed by atoms with van der Waals surface area (Å²) in [5.74, 6) is 1.25. The lowest BCUT2D eigenvalue weighted by molar-refractivity contribution is 0.101. The van der Waals surface area contributed by atoms with Crippen molar-refractivity contribution in [2.75, 3.05) is 18.5 Å². The molecule has 0 bridgehead atoms. The molecule has 0 atom stereocenters. The third kappa shape index (κ3) is 3.15. The molecule has 3 heterocycles. The largest absolute Gasteiger partial charge is 0.486 e. The number of benzene rings is 1. The number of carbonyl (C=O) groups is 1. The Morgan fingerprint density at radius 3 is 2.88 bits per heavy atom. The highest BCUT2D eigenvalue weighted by Crippen LogP contribution is 2.35. The second-order valence-electron chi connectivity index (χ2n) is 5.84. The number of ether oxygens (including phenoxy) is 2. The summed E-state index contributed by atoms with van der Waals surface area (Å²) in [6.45, 7) is 5.56. The summed E-state index contributed by atoms with van der Waals surface area (Å²) in [5, 5.41) is 9.60. The van der Waals surface area contributed by atoms with Crippen LogP contribution in [0.2, 0.25) is 0 Å². The van der Waals surface area contributed by atoms with Gasteiger partial charge in [-0.15, -0.1) is 11.3 Å². The molecular weight excluding hydrogens is 352 g/mol. The summed E-state index contributed by atoms with van der Waals surface area (Å²) in [4.78, 5) is 17.0. The van der Waals surface area contributed by atoms with E-state index in [0.29, 0.717) is 30.6 Å². The van der Waals surface area contributed by atoms with Crippen molar-refractivity contribution < 1.29 is 14.3 Å². The van der Waals surface area contributed by atoms with E-state index in [-0.39, 0.29) is 5.91 Å². The van der Waals surface area contributed by atoms with E-state index in [1.807, 2.05) is 37.4 Å². The SMILES string of the molecule is CCn1nc(C)cc1C(=O)Nc1nc(-c2ccc3c(c2)OCCO3)cs1. The van der Waals surface area contributed by atoms with Crippen LogP contribution in [0.5, 0.6) is 11.5 Å². The lowest BCUT2D eigenvalue weighted by Gasteiger charge is -2.18. The number of fused-ring (bicyclic) bond motifs is 1. The molecule has 0 radical (unpaired) electrons. The Labute approximate surface area is 154 Å². The van der Waals surface area contributed by atoms with Crippen LogP contribution in [-0.4, -0.2) is 33.9 Å². The molecule has 2 aromatic heterocycles. The molecule has 8 heteroatoms. The Morgan fingerprint density at radius 1 is 1.27 bits per heavy atom. The zero-order chi connectivity index (χ0) is 18.1. The highest BCUT2D eigenvalue weighted by atomic mass is 32.1. The molecule has 0 unspecified atom stereocenters. The van der Waals surface area contributed by atoms with Gasteiger partial charge in [-0.05, 0) is 38.1 Å². The van der Waals surface area contributed by atoms with Crippen molar-refractivity contribution >= 4 is 22.4 Å². The molecule has 0 spiro atoms. The minimum absolute atomic E-state index is 0.212. The monoisotopic (exact) mass is 370 g/mol. The van der Waals surface area contributed by atoms with Gasteiger partial charge in [0.25, 0.3) is 5.91 Å². The van der Waals surface area contributed by atoms with Crippen LogP contribution in [0.15, 0.2) is 29.6 Å². The predicted octanol–water partition coefficient (Wildman–Crippen LogP) is 3.36. The number of rotatable bonds is 4. The van der Waals surface area contributed by atoms with Crippen molar-refractivity contribution in [2.45, 2.75) is 20.4 Å². The summed E-state index contributed by atoms with van der Waals surface area (Å²) in [7, 11) is 0. The number of hydrogen-bond acceptors (Lipinski definition) is 6. The molecule has 1 aliphatic rings. The lowest BCUT2D eigenvalue weighted by Crippen LogP contribution is -2.17. The molecular formula is C18H18N4O3S. The van der Waals surface area contributed by atoms with E-state index in [1.165, 1.54) is 11.3 Å². The van der Waals surface area contributed by atoms with Crippen molar-refractivity contribution in [1.82, 2.24) is 14.8 Å². The number of nitrogens with one attached hydrogen (secondary N) is 1. The van der Waals surface area contributed by atoms with Crippen molar-refractivity contribution in [3.8, 4) is 22.8 Å². The molecule has 1 aliphatic heterocycles. The predicted molar refractivity (Wildman–Crippen MR) is 99.1 cm³/mol. The molecule has 1 aromatic carbocycles. The topological polar surface area (TPSA) is 78.3 Å². The summed E-state index contributed by atoms with van der Waals surface area (Å²) in [6, 6.07) is 7.49. The first-order valence-electron chi connectivity index (χ1n) is 8.35. The molecule has 1 N–H and O–H groups in total. The third-order valence-corrected chi connectivity index (χ3v) is 4.75. The van der Waals surface area contributed by atoms with E-state index < -0.39 is 0 Å². The summed E-state index contributed by atoms with van der Waals surface area (Å²) in [5.41, 5.74) is 3.04. The number of carbonyl (C=O) groups excluding carboxylic acids is 1. The Bertz CT molecular complexity index is 963. The van der Waals surface area contributed by atoms with Crippen LogP contribution >= 0.6 is 11.3 Å². The van der Waals surface area contributed by atoms with Gasteiger partial charge in [-0.2, -0.15) is 5.10 Å². The van der Waals surface area contributed by atoms with Crippen molar-refractivity contribution in [1.29, 1.82) is 0 Å². The van der Waals surface area contributed by atoms with Crippen molar-refractivity contribution in [3.05, 3.63) is 41.0 Å². The van der Waals surface area contributed by atoms with Crippen LogP contribution in [0.1, 0.15) is 23.1 Å². The first-order valence-corrected chi connectivity index (χ1v) is 9.23. The van der Waals surface area contributed by atoms with E-state index in [2.05, 4.69) is 15.4 Å². The van der Waals surface area contributed by atoms with Crippen LogP contribution < -0.4 is 14.8 Å². The number of anilines is 1. The second kappa shape index (κ2) is 6.80. The van der Waals surface area contributed by atoms with E-state index in [0.717, 1.165) is 28.5 Å². The van der Waals surface area contributed by atoms with Crippen LogP contribution in [0.4, 0.5) is 5.13 Å². The number of thiazole rings is 1. The number of nitrogens with zero attached hydrogens (tertiary/aromatic N) is 3. The highest BCUT2D eigenvalue weighted by Gasteiger charge is 2.17. The molecule has 134 valence electrons. The highest BCUT2D eigenvalue weighted by molar-refractivity contribution is 7.14. The van der Waals surface area contributed by atoms with Crippen molar-refractivity contribution in [2.24, 2.45) is 0 Å². The van der Waals surface area contributed by atoms with E-state index >= 15 is 0 Å². The fourth-order valence-corrected chi connectivity index (χ4v) is 3.51. The van der Waals surface area contributed by atoms with Gasteiger partial charge in [-0.25, -0.2) is 4.98 Å². The first-order chi connectivity index (χ1) is 12.6. The molecule has 1 amide bonds. The Kier molecular flexibility index (Phi) is 4.34. The minimum atomic E-state index is -0.212. The quantitative estimate of drug-likeness (QED) is 0.762. The van der Waals surface area contributed by atoms with E-state index in [1.54, 1.807) is 10.7 Å². The van der Waals surface area contributed by atoms with Crippen LogP contribution in [-0.2, 0) is 6.54 Å². The Hall–Kier alpha value is -2.87. The number of aromatic nitrogens is 3. The normalized spacial score (nSPS) is 12.8. The zero-order valence-electron chi connectivity index (χ0n) is 14.5. The smallest absolute Gasteiger partial charge is 0.275 e. The maximum atomic E-state index is 12.5. The molecule has 0 fully saturated rings. The summed E-state index contributed by atoms with van der Waals surface area (Å²) >= 11 is 1.38. The van der Waals surface area contributed by atoms with Gasteiger partial charge in [-0.1, -0.05) is 0 Å². The lowest BCUT2D eigenvalue weighted by atomic mass is 10.1. The minimum Gasteiger partial charge on any atom is -0.486 e. The van der Waals surface area contributed by atoms with E-state index in [9.17, 15) is 4.79 Å². The van der Waals surface area contributed by atoms with E-state index in [4.69, 9.17) is 9.47 Å². The molecule has 0 aliphatic carbocycles. The Balaban J connectivity index is 1.54. The number of amides is 1. The maximum absolute atomic E-state index is 12.5. The summed E-state index contributed by atoms with van der Waals surface area (Å²) < 4.78 is 12.8. The van der Waals surface area contributed by atoms with Crippen LogP contribution in [0, 0.1) is 6.92 Å². The molecule has 0 saturated carbocycles. The standard InChI is InChI=1S/C18H18N4O3S/c1-3-22-14(8-11(2)21-22)17(23)20-18-19-13(10-26-18)12-4-5-15-16(9-12)25-7-6-24-15/h4-5,8-10H,3,6-7H2,1-2H3,(H,19,20,23). The van der Waals surface area contributed by atoms with Crippen molar-refractivity contribution in [3.63, 3.8) is 0 Å². The molecule has 4 rings (SSSR count). The van der Waals surface area contributed by atoms with Gasteiger partial charge in [0.05, 0.1) is 11.4 Å². The van der Waals surface area contributed by atoms with Gasteiger partial charge in [0.15, 0.2) is 16.6 Å². The fraction of sp³-hybridized carbons (Fsp3) is 0.278. The van der Waals surface area contributed by atoms with Gasteiger partial charge in [0.1, 0.15) is 18.9 Å². The van der Waals surface area contributed by atoms with Gasteiger partial charge in [0, 0.05) is 17.5 Å². The molecule has 7 nitrogen and oxygen atoms in total. The van der Waals surface area contributed by atoms with Gasteiger partial charge < -0.3 is 9.47 Å². The van der Waals surface area contributed by atoms with Gasteiger partial charge in [-0.3, -0.25) is 14.8 Å². The van der Waals surface area contributed by atoms with Gasteiger partial charge in [0.2, 0.25) is 0 Å². The fourth-order valence-electron chi connectivity index (χ4n) is 2.80. The average Bonchev–Trinajstić information content (AvgIpc) is 3.27. The molecule has 26 heavy (non-hydrogen) atoms. The van der Waals surface area contributed by atoms with Crippen LogP contribution in [0.3, 0.4) is 0 Å². The third-order valence-electron chi connectivity index (χ3n) is 4.00. The molecule has 3 aromatic rings. The summed E-state index contributed by atoms with van der Waals surface area (Å²) in [6.07, 6.45) is 0. The zero-order valence-corrected chi connectivity index (χ0v) is 15.3. The number of hydrogen-bond donors (Lipinski definition) is 1. The van der Waals surface area contributed by atoms with Crippen LogP contribution in [0.25, 0.3) is 11.3 Å². The maximum Gasteiger partial charge on any atom is 0.275 e. The second-order valence-corrected chi connectivity index (χ2v) is 6.70.